The van der Waals surface area contributed by atoms with Crippen LogP contribution in [0.5, 0.6) is 0 Å². The summed E-state index contributed by atoms with van der Waals surface area (Å²) in [6, 6.07) is 9.09. The van der Waals surface area contributed by atoms with Gasteiger partial charge in [0.05, 0.1) is 40.8 Å². The summed E-state index contributed by atoms with van der Waals surface area (Å²) in [4.78, 5) is -1.99. The van der Waals surface area contributed by atoms with E-state index in [2.05, 4.69) is 0 Å². The van der Waals surface area contributed by atoms with Crippen molar-refractivity contribution in [3.05, 3.63) is 53.6 Å². The van der Waals surface area contributed by atoms with Gasteiger partial charge in [-0.1, -0.05) is 31.6 Å². The molecule has 2 aromatic rings. The van der Waals surface area contributed by atoms with Crippen LogP contribution in [0.25, 0.3) is 0 Å². The van der Waals surface area contributed by atoms with Crippen molar-refractivity contribution in [1.82, 2.24) is 0 Å². The van der Waals surface area contributed by atoms with Gasteiger partial charge in [-0.2, -0.15) is 5.26 Å². The second-order valence-corrected chi connectivity index (χ2v) is 10.7. The van der Waals surface area contributed by atoms with E-state index in [0.717, 1.165) is 12.1 Å². The molecule has 0 aliphatic carbocycles. The molecule has 0 bridgehead atoms. The summed E-state index contributed by atoms with van der Waals surface area (Å²) in [5, 5.41) is 17.5. The third-order valence-corrected chi connectivity index (χ3v) is 6.75. The highest BCUT2D eigenvalue weighted by atomic mass is 127. The van der Waals surface area contributed by atoms with Crippen molar-refractivity contribution in [1.29, 1.82) is 10.7 Å². The van der Waals surface area contributed by atoms with E-state index in [1.165, 1.54) is 3.11 Å². The Bertz CT molecular complexity index is 1090. The van der Waals surface area contributed by atoms with Gasteiger partial charge in [0.15, 0.2) is 5.79 Å². The molecule has 1 fully saturated rings. The Morgan fingerprint density at radius 3 is 2.26 bits per heavy atom. The summed E-state index contributed by atoms with van der Waals surface area (Å²) >= 11 is 1.77. The first-order chi connectivity index (χ1) is 14.0. The summed E-state index contributed by atoms with van der Waals surface area (Å²) in [6.07, 6.45) is -0.570. The first-order valence-electron chi connectivity index (χ1n) is 8.76. The van der Waals surface area contributed by atoms with Gasteiger partial charge in [-0.3, -0.25) is 8.52 Å². The predicted molar refractivity (Wildman–Crippen MR) is 117 cm³/mol. The van der Waals surface area contributed by atoms with E-state index in [1.807, 2.05) is 0 Å². The molecule has 1 saturated heterocycles. The number of nitrogens with one attached hydrogen (secondary N) is 1. The topological polar surface area (TPSA) is 69.3 Å². The molecule has 0 spiro atoms. The molecule has 12 heteroatoms. The Labute approximate surface area is 189 Å². The second kappa shape index (κ2) is 7.03. The van der Waals surface area contributed by atoms with Crippen LogP contribution in [0.4, 0.5) is 30.8 Å². The van der Waals surface area contributed by atoms with E-state index in [4.69, 9.17) is 14.9 Å². The molecule has 1 N–H and O–H groups in total. The lowest BCUT2D eigenvalue weighted by molar-refractivity contribution is -0.139. The fourth-order valence-corrected chi connectivity index (χ4v) is 4.51. The number of anilines is 2. The van der Waals surface area contributed by atoms with Crippen molar-refractivity contribution < 1.29 is 28.9 Å². The molecule has 168 valence electrons. The summed E-state index contributed by atoms with van der Waals surface area (Å²) in [5.41, 5.74) is 0.795. The predicted octanol–water partition coefficient (Wildman–Crippen LogP) is 7.55. The molecule has 2 aromatic carbocycles. The standard InChI is InChI=1S/C19H17F5IN3O2S/c1-19(2)29-11-17(30-19)14-4-3-5-16(18(14)15(27)10-26)28(25)12-6-8-13(9-7-12)31(20,21,22,23)24/h3-9,17,27H,11H2,1-2H3. The third kappa shape index (κ3) is 5.11. The molecule has 0 saturated carbocycles. The van der Waals surface area contributed by atoms with Gasteiger partial charge in [0, 0.05) is 5.56 Å². The fraction of sp³-hybridized carbons (Fsp3) is 0.263. The zero-order chi connectivity index (χ0) is 23.3. The maximum atomic E-state index is 13.0. The van der Waals surface area contributed by atoms with Crippen molar-refractivity contribution in [2.24, 2.45) is 0 Å². The Hall–Kier alpha value is -1.95. The third-order valence-electron chi connectivity index (χ3n) is 4.51. The number of nitriles is 1. The highest BCUT2D eigenvalue weighted by Gasteiger charge is 2.65. The molecule has 1 aliphatic heterocycles. The van der Waals surface area contributed by atoms with Crippen LogP contribution in [0.2, 0.25) is 0 Å². The lowest BCUT2D eigenvalue weighted by atomic mass is 9.97. The van der Waals surface area contributed by atoms with Crippen LogP contribution in [-0.2, 0) is 9.47 Å². The molecular weight excluding hydrogens is 556 g/mol. The maximum Gasteiger partial charge on any atom is 0.310 e. The largest absolute Gasteiger partial charge is 0.347 e. The number of rotatable bonds is 5. The summed E-state index contributed by atoms with van der Waals surface area (Å²) < 4.78 is 77.8. The van der Waals surface area contributed by atoms with Crippen LogP contribution < -0.4 is 3.11 Å². The molecule has 0 amide bonds. The Kier molecular flexibility index (Phi) is 5.37. The quantitative estimate of drug-likeness (QED) is 0.174. The Morgan fingerprint density at radius 2 is 1.77 bits per heavy atom. The van der Waals surface area contributed by atoms with Crippen LogP contribution in [0.1, 0.15) is 31.1 Å². The zero-order valence-corrected chi connectivity index (χ0v) is 19.2. The van der Waals surface area contributed by atoms with Gasteiger partial charge in [0.25, 0.3) is 0 Å². The van der Waals surface area contributed by atoms with Gasteiger partial charge in [-0.15, -0.1) is 0 Å². The monoisotopic (exact) mass is 573 g/mol. The van der Waals surface area contributed by atoms with E-state index in [-0.39, 0.29) is 23.6 Å². The molecule has 0 radical (unpaired) electrons. The second-order valence-electron chi connectivity index (χ2n) is 7.29. The van der Waals surface area contributed by atoms with Crippen molar-refractivity contribution >= 4 is 50.2 Å². The molecular formula is C19H17F5IN3O2S. The number of hydrogen-bond acceptors (Lipinski definition) is 5. The van der Waals surface area contributed by atoms with Crippen molar-refractivity contribution in [3.63, 3.8) is 0 Å². The number of halogens is 6. The zero-order valence-electron chi connectivity index (χ0n) is 16.2. The van der Waals surface area contributed by atoms with Gasteiger partial charge in [-0.05, 0) is 49.7 Å². The number of ether oxygens (including phenoxy) is 2. The normalized spacial score (nSPS) is 20.4. The molecule has 1 heterocycles. The first-order valence-corrected chi connectivity index (χ1v) is 11.7. The minimum atomic E-state index is -9.79. The molecule has 1 unspecified atom stereocenters. The summed E-state index contributed by atoms with van der Waals surface area (Å²) in [7, 11) is -9.79. The van der Waals surface area contributed by atoms with E-state index in [9.17, 15) is 24.7 Å². The van der Waals surface area contributed by atoms with Crippen LogP contribution in [-0.4, -0.2) is 18.1 Å². The average molecular weight is 573 g/mol. The lowest BCUT2D eigenvalue weighted by Gasteiger charge is -2.40. The molecule has 31 heavy (non-hydrogen) atoms. The van der Waals surface area contributed by atoms with E-state index < -0.39 is 27.0 Å². The lowest BCUT2D eigenvalue weighted by Crippen LogP contribution is -2.20. The van der Waals surface area contributed by atoms with Gasteiger partial charge in [0.1, 0.15) is 22.8 Å². The molecule has 0 aromatic heterocycles. The number of benzene rings is 2. The highest BCUT2D eigenvalue weighted by Crippen LogP contribution is 3.02. The van der Waals surface area contributed by atoms with Gasteiger partial charge in [0.2, 0.25) is 0 Å². The number of nitrogens with zero attached hydrogens (tertiary/aromatic N) is 2. The highest BCUT2D eigenvalue weighted by molar-refractivity contribution is 14.1. The van der Waals surface area contributed by atoms with Crippen molar-refractivity contribution in [3.8, 4) is 6.07 Å². The maximum absolute atomic E-state index is 13.0. The molecule has 1 atom stereocenters. The SMILES string of the molecule is CC1(C)OCC(c2cccc(N(I)c3ccc(S(F)(F)(F)(F)F)cc3)c2C(=N)C#N)O1. The van der Waals surface area contributed by atoms with Crippen LogP contribution in [0.15, 0.2) is 47.4 Å². The van der Waals surface area contributed by atoms with Gasteiger partial charge >= 0.3 is 10.2 Å². The van der Waals surface area contributed by atoms with Crippen molar-refractivity contribution in [2.75, 3.05) is 9.72 Å². The summed E-state index contributed by atoms with van der Waals surface area (Å²) in [5.74, 6) is -0.863. The van der Waals surface area contributed by atoms with E-state index in [0.29, 0.717) is 23.4 Å². The molecule has 5 nitrogen and oxygen atoms in total. The van der Waals surface area contributed by atoms with E-state index >= 15 is 0 Å². The van der Waals surface area contributed by atoms with Crippen LogP contribution in [0.3, 0.4) is 0 Å². The van der Waals surface area contributed by atoms with Gasteiger partial charge in [-0.25, -0.2) is 0 Å². The molecule has 1 aliphatic rings. The minimum Gasteiger partial charge on any atom is -0.347 e. The smallest absolute Gasteiger partial charge is 0.310 e. The average Bonchev–Trinajstić information content (AvgIpc) is 3.04. The Morgan fingerprint density at radius 1 is 1.16 bits per heavy atom. The summed E-state index contributed by atoms with van der Waals surface area (Å²) in [6.45, 7) is 3.62. The van der Waals surface area contributed by atoms with Gasteiger partial charge < -0.3 is 9.47 Å². The van der Waals surface area contributed by atoms with E-state index in [1.54, 1.807) is 61.0 Å². The fourth-order valence-electron chi connectivity index (χ4n) is 3.13. The number of hydrogen-bond donors (Lipinski definition) is 1. The minimum absolute atomic E-state index is 0.152. The van der Waals surface area contributed by atoms with Crippen LogP contribution >= 0.6 is 33.1 Å². The Balaban J connectivity index is 2.06. The van der Waals surface area contributed by atoms with Crippen LogP contribution in [0, 0.1) is 16.7 Å². The van der Waals surface area contributed by atoms with Crippen molar-refractivity contribution in [2.45, 2.75) is 30.6 Å². The first kappa shape index (κ1) is 23.7. The molecule has 3 rings (SSSR count).